The van der Waals surface area contributed by atoms with Gasteiger partial charge in [-0.1, -0.05) is 37.3 Å². The number of aliphatic hydroxyl groups is 1. The van der Waals surface area contributed by atoms with Crippen LogP contribution in [-0.4, -0.2) is 10.1 Å². The first-order chi connectivity index (χ1) is 7.83. The van der Waals surface area contributed by atoms with Crippen molar-refractivity contribution in [1.82, 2.24) is 4.98 Å². The highest BCUT2D eigenvalue weighted by Crippen LogP contribution is 2.32. The van der Waals surface area contributed by atoms with Crippen molar-refractivity contribution in [1.29, 1.82) is 0 Å². The van der Waals surface area contributed by atoms with Crippen molar-refractivity contribution in [3.63, 3.8) is 0 Å². The quantitative estimate of drug-likeness (QED) is 0.807. The Labute approximate surface area is 96.0 Å². The van der Waals surface area contributed by atoms with Gasteiger partial charge >= 0.3 is 0 Å². The average molecular weight is 215 g/mol. The minimum Gasteiger partial charge on any atom is -0.386 e. The van der Waals surface area contributed by atoms with E-state index < -0.39 is 6.10 Å². The van der Waals surface area contributed by atoms with Crippen molar-refractivity contribution in [2.45, 2.75) is 25.4 Å². The lowest BCUT2D eigenvalue weighted by atomic mass is 9.89. The standard InChI is InChI=1S/C14H17NO/c1-2-12(11-7-4-3-5-8-11)14(16)13-9-6-10-15-13/h3-10,12,14-16H,2H2,1H3. The van der Waals surface area contributed by atoms with E-state index in [1.54, 1.807) is 0 Å². The molecular weight excluding hydrogens is 198 g/mol. The van der Waals surface area contributed by atoms with Crippen molar-refractivity contribution in [3.05, 3.63) is 59.9 Å². The minimum atomic E-state index is -0.456. The second-order valence-electron chi connectivity index (χ2n) is 4.00. The largest absolute Gasteiger partial charge is 0.386 e. The van der Waals surface area contributed by atoms with Gasteiger partial charge in [0.2, 0.25) is 0 Å². The van der Waals surface area contributed by atoms with E-state index in [1.165, 1.54) is 5.56 Å². The molecule has 0 bridgehead atoms. The number of rotatable bonds is 4. The van der Waals surface area contributed by atoms with Gasteiger partial charge in [-0.2, -0.15) is 0 Å². The summed E-state index contributed by atoms with van der Waals surface area (Å²) in [7, 11) is 0. The fourth-order valence-corrected chi connectivity index (χ4v) is 2.09. The molecule has 2 N–H and O–H groups in total. The third-order valence-electron chi connectivity index (χ3n) is 2.99. The van der Waals surface area contributed by atoms with E-state index in [-0.39, 0.29) is 5.92 Å². The molecule has 0 amide bonds. The van der Waals surface area contributed by atoms with Gasteiger partial charge in [0.15, 0.2) is 0 Å². The molecule has 2 nitrogen and oxygen atoms in total. The maximum atomic E-state index is 10.3. The van der Waals surface area contributed by atoms with Gasteiger partial charge in [-0.15, -0.1) is 0 Å². The molecule has 0 aliphatic rings. The lowest BCUT2D eigenvalue weighted by Gasteiger charge is -2.21. The highest BCUT2D eigenvalue weighted by molar-refractivity contribution is 5.23. The number of nitrogens with one attached hydrogen (secondary N) is 1. The number of hydrogen-bond acceptors (Lipinski definition) is 1. The Hall–Kier alpha value is -1.54. The van der Waals surface area contributed by atoms with E-state index in [0.29, 0.717) is 0 Å². The highest BCUT2D eigenvalue weighted by atomic mass is 16.3. The maximum Gasteiger partial charge on any atom is 0.101 e. The van der Waals surface area contributed by atoms with Crippen molar-refractivity contribution < 1.29 is 5.11 Å². The van der Waals surface area contributed by atoms with Crippen LogP contribution in [0.1, 0.15) is 36.6 Å². The molecule has 0 saturated heterocycles. The summed E-state index contributed by atoms with van der Waals surface area (Å²) in [5, 5.41) is 10.3. The zero-order valence-corrected chi connectivity index (χ0v) is 9.43. The molecule has 2 rings (SSSR count). The number of aromatic nitrogens is 1. The smallest absolute Gasteiger partial charge is 0.101 e. The van der Waals surface area contributed by atoms with E-state index in [9.17, 15) is 5.11 Å². The Morgan fingerprint density at radius 2 is 1.88 bits per heavy atom. The molecule has 2 aromatic rings. The lowest BCUT2D eigenvalue weighted by Crippen LogP contribution is -2.10. The van der Waals surface area contributed by atoms with Crippen LogP contribution in [0.25, 0.3) is 0 Å². The minimum absolute atomic E-state index is 0.153. The van der Waals surface area contributed by atoms with Gasteiger partial charge in [0, 0.05) is 17.8 Å². The summed E-state index contributed by atoms with van der Waals surface area (Å²) in [4.78, 5) is 3.07. The van der Waals surface area contributed by atoms with E-state index in [2.05, 4.69) is 24.0 Å². The fourth-order valence-electron chi connectivity index (χ4n) is 2.09. The van der Waals surface area contributed by atoms with Gasteiger partial charge in [0.1, 0.15) is 6.10 Å². The molecule has 0 radical (unpaired) electrons. The first-order valence-corrected chi connectivity index (χ1v) is 5.69. The monoisotopic (exact) mass is 215 g/mol. The number of H-pyrrole nitrogens is 1. The summed E-state index contributed by atoms with van der Waals surface area (Å²) in [5.41, 5.74) is 2.07. The zero-order valence-electron chi connectivity index (χ0n) is 9.43. The van der Waals surface area contributed by atoms with Crippen LogP contribution in [0.3, 0.4) is 0 Å². The molecule has 0 aliphatic carbocycles. The molecule has 0 saturated carbocycles. The van der Waals surface area contributed by atoms with Crippen molar-refractivity contribution in [2.24, 2.45) is 0 Å². The summed E-state index contributed by atoms with van der Waals surface area (Å²) in [6.45, 7) is 2.10. The zero-order chi connectivity index (χ0) is 11.4. The fraction of sp³-hybridized carbons (Fsp3) is 0.286. The lowest BCUT2D eigenvalue weighted by molar-refractivity contribution is 0.138. The van der Waals surface area contributed by atoms with Crippen LogP contribution in [0, 0.1) is 0 Å². The van der Waals surface area contributed by atoms with E-state index in [1.807, 2.05) is 36.5 Å². The Balaban J connectivity index is 2.23. The summed E-state index contributed by atoms with van der Waals surface area (Å²) in [5.74, 6) is 0.153. The van der Waals surface area contributed by atoms with Gasteiger partial charge < -0.3 is 10.1 Å². The summed E-state index contributed by atoms with van der Waals surface area (Å²) < 4.78 is 0. The van der Waals surface area contributed by atoms with Crippen molar-refractivity contribution in [3.8, 4) is 0 Å². The molecule has 0 fully saturated rings. The first-order valence-electron chi connectivity index (χ1n) is 5.69. The number of aliphatic hydroxyl groups excluding tert-OH is 1. The molecule has 1 aromatic carbocycles. The van der Waals surface area contributed by atoms with Crippen LogP contribution in [0.2, 0.25) is 0 Å². The third-order valence-corrected chi connectivity index (χ3v) is 2.99. The van der Waals surface area contributed by atoms with Crippen molar-refractivity contribution in [2.75, 3.05) is 0 Å². The molecule has 0 spiro atoms. The number of benzene rings is 1. The van der Waals surface area contributed by atoms with Crippen LogP contribution in [-0.2, 0) is 0 Å². The molecular formula is C14H17NO. The summed E-state index contributed by atoms with van der Waals surface area (Å²) in [6.07, 6.45) is 2.31. The summed E-state index contributed by atoms with van der Waals surface area (Å²) >= 11 is 0. The van der Waals surface area contributed by atoms with Crippen LogP contribution < -0.4 is 0 Å². The van der Waals surface area contributed by atoms with E-state index >= 15 is 0 Å². The molecule has 16 heavy (non-hydrogen) atoms. The maximum absolute atomic E-state index is 10.3. The van der Waals surface area contributed by atoms with Crippen LogP contribution in [0.5, 0.6) is 0 Å². The normalized spacial score (nSPS) is 14.6. The molecule has 1 heterocycles. The second-order valence-corrected chi connectivity index (χ2v) is 4.00. The Kier molecular flexibility index (Phi) is 3.42. The molecule has 2 heteroatoms. The van der Waals surface area contributed by atoms with Crippen LogP contribution >= 0.6 is 0 Å². The van der Waals surface area contributed by atoms with Gasteiger partial charge in [0.05, 0.1) is 0 Å². The highest BCUT2D eigenvalue weighted by Gasteiger charge is 2.21. The van der Waals surface area contributed by atoms with Gasteiger partial charge in [-0.25, -0.2) is 0 Å². The van der Waals surface area contributed by atoms with E-state index in [0.717, 1.165) is 12.1 Å². The number of hydrogen-bond donors (Lipinski definition) is 2. The van der Waals surface area contributed by atoms with Crippen molar-refractivity contribution >= 4 is 0 Å². The third kappa shape index (κ3) is 2.17. The predicted octanol–water partition coefficient (Wildman–Crippen LogP) is 3.24. The van der Waals surface area contributed by atoms with Gasteiger partial charge in [-0.05, 0) is 24.1 Å². The average Bonchev–Trinajstić information content (AvgIpc) is 2.85. The Bertz CT molecular complexity index is 408. The summed E-state index contributed by atoms with van der Waals surface area (Å²) in [6, 6.07) is 14.0. The topological polar surface area (TPSA) is 36.0 Å². The SMILES string of the molecule is CCC(c1ccccc1)C(O)c1ccc[nH]1. The predicted molar refractivity (Wildman–Crippen MR) is 65.2 cm³/mol. The van der Waals surface area contributed by atoms with Gasteiger partial charge in [-0.3, -0.25) is 0 Å². The van der Waals surface area contributed by atoms with E-state index in [4.69, 9.17) is 0 Å². The molecule has 1 aromatic heterocycles. The Morgan fingerprint density at radius 3 is 2.44 bits per heavy atom. The molecule has 2 unspecified atom stereocenters. The van der Waals surface area contributed by atoms with Crippen LogP contribution in [0.15, 0.2) is 48.7 Å². The molecule has 84 valence electrons. The second kappa shape index (κ2) is 4.99. The number of aromatic amines is 1. The van der Waals surface area contributed by atoms with Crippen LogP contribution in [0.4, 0.5) is 0 Å². The first kappa shape index (κ1) is 11.0. The molecule has 0 aliphatic heterocycles. The van der Waals surface area contributed by atoms with Gasteiger partial charge in [0.25, 0.3) is 0 Å². The Morgan fingerprint density at radius 1 is 1.12 bits per heavy atom. The molecule has 2 atom stereocenters.